The third-order valence-corrected chi connectivity index (χ3v) is 8.70. The summed E-state index contributed by atoms with van der Waals surface area (Å²) < 4.78 is 27.4. The van der Waals surface area contributed by atoms with E-state index in [9.17, 15) is 8.42 Å². The van der Waals surface area contributed by atoms with Crippen molar-refractivity contribution in [2.75, 3.05) is 31.1 Å². The lowest BCUT2D eigenvalue weighted by atomic mass is 10.2. The number of piperazine rings is 1. The standard InChI is InChI=1S/C19H16Cl3N3O2S2/c20-14-6-4-13(5-7-14)16-12-28-19(23-16)24-8-10-25(11-9-24)29(26,27)17-3-1-2-15(21)18(17)22/h1-7,12H,8-11H2. The number of hydrogen-bond acceptors (Lipinski definition) is 5. The minimum Gasteiger partial charge on any atom is -0.345 e. The molecular formula is C19H16Cl3N3O2S2. The Balaban J connectivity index is 1.47. The third kappa shape index (κ3) is 4.26. The number of sulfonamides is 1. The Morgan fingerprint density at radius 3 is 2.31 bits per heavy atom. The molecule has 0 spiro atoms. The first-order valence-corrected chi connectivity index (χ1v) is 12.2. The molecule has 0 saturated carbocycles. The van der Waals surface area contributed by atoms with Gasteiger partial charge in [0.25, 0.3) is 0 Å². The van der Waals surface area contributed by atoms with Crippen molar-refractivity contribution >= 4 is 61.3 Å². The molecule has 4 rings (SSSR count). The number of benzene rings is 2. The van der Waals surface area contributed by atoms with Gasteiger partial charge >= 0.3 is 0 Å². The van der Waals surface area contributed by atoms with Crippen LogP contribution in [0, 0.1) is 0 Å². The second-order valence-electron chi connectivity index (χ2n) is 6.47. The fourth-order valence-electron chi connectivity index (χ4n) is 3.10. The lowest BCUT2D eigenvalue weighted by Crippen LogP contribution is -2.48. The van der Waals surface area contributed by atoms with E-state index >= 15 is 0 Å². The molecule has 0 unspecified atom stereocenters. The van der Waals surface area contributed by atoms with Crippen molar-refractivity contribution in [1.29, 1.82) is 0 Å². The zero-order valence-corrected chi connectivity index (χ0v) is 19.0. The minimum atomic E-state index is -3.70. The van der Waals surface area contributed by atoms with E-state index in [-0.39, 0.29) is 14.9 Å². The molecule has 10 heteroatoms. The summed E-state index contributed by atoms with van der Waals surface area (Å²) in [6, 6.07) is 12.2. The summed E-state index contributed by atoms with van der Waals surface area (Å²) in [4.78, 5) is 6.83. The van der Waals surface area contributed by atoms with Gasteiger partial charge in [0, 0.05) is 42.1 Å². The summed E-state index contributed by atoms with van der Waals surface area (Å²) in [5.74, 6) is 0. The molecule has 2 aromatic carbocycles. The maximum atomic E-state index is 13.0. The first-order valence-electron chi connectivity index (χ1n) is 8.77. The topological polar surface area (TPSA) is 53.5 Å². The minimum absolute atomic E-state index is 0.0411. The van der Waals surface area contributed by atoms with Crippen LogP contribution in [0.3, 0.4) is 0 Å². The summed E-state index contributed by atoms with van der Waals surface area (Å²) >= 11 is 19.6. The molecule has 1 aliphatic heterocycles. The van der Waals surface area contributed by atoms with Gasteiger partial charge in [0.1, 0.15) is 4.90 Å². The van der Waals surface area contributed by atoms with Crippen LogP contribution in [0.15, 0.2) is 52.7 Å². The molecule has 1 fully saturated rings. The van der Waals surface area contributed by atoms with E-state index < -0.39 is 10.0 Å². The van der Waals surface area contributed by atoms with Gasteiger partial charge in [-0.2, -0.15) is 4.31 Å². The number of nitrogens with zero attached hydrogens (tertiary/aromatic N) is 3. The van der Waals surface area contributed by atoms with E-state index in [0.29, 0.717) is 31.2 Å². The fraction of sp³-hybridized carbons (Fsp3) is 0.211. The van der Waals surface area contributed by atoms with Crippen LogP contribution in [0.4, 0.5) is 5.13 Å². The first-order chi connectivity index (χ1) is 13.9. The second kappa shape index (κ2) is 8.41. The number of hydrogen-bond donors (Lipinski definition) is 0. The van der Waals surface area contributed by atoms with E-state index in [4.69, 9.17) is 39.8 Å². The number of halogens is 3. The maximum Gasteiger partial charge on any atom is 0.244 e. The predicted molar refractivity (Wildman–Crippen MR) is 120 cm³/mol. The van der Waals surface area contributed by atoms with Crippen molar-refractivity contribution in [1.82, 2.24) is 9.29 Å². The Kier molecular flexibility index (Phi) is 6.06. The van der Waals surface area contributed by atoms with Crippen LogP contribution in [-0.4, -0.2) is 43.9 Å². The third-order valence-electron chi connectivity index (χ3n) is 4.68. The van der Waals surface area contributed by atoms with Gasteiger partial charge in [-0.1, -0.05) is 53.0 Å². The summed E-state index contributed by atoms with van der Waals surface area (Å²) in [7, 11) is -3.70. The smallest absolute Gasteiger partial charge is 0.244 e. The quantitative estimate of drug-likeness (QED) is 0.501. The molecule has 29 heavy (non-hydrogen) atoms. The highest BCUT2D eigenvalue weighted by Crippen LogP contribution is 2.33. The lowest BCUT2D eigenvalue weighted by molar-refractivity contribution is 0.385. The SMILES string of the molecule is O=S(=O)(c1cccc(Cl)c1Cl)N1CCN(c2nc(-c3ccc(Cl)cc3)cs2)CC1. The van der Waals surface area contributed by atoms with Crippen molar-refractivity contribution in [2.45, 2.75) is 4.90 Å². The van der Waals surface area contributed by atoms with Gasteiger partial charge in [-0.3, -0.25) is 0 Å². The van der Waals surface area contributed by atoms with Crippen molar-refractivity contribution in [3.63, 3.8) is 0 Å². The van der Waals surface area contributed by atoms with Crippen LogP contribution in [0.25, 0.3) is 11.3 Å². The van der Waals surface area contributed by atoms with E-state index in [1.807, 2.05) is 29.6 Å². The van der Waals surface area contributed by atoms with Gasteiger partial charge in [0.05, 0.1) is 15.7 Å². The van der Waals surface area contributed by atoms with Crippen molar-refractivity contribution in [3.8, 4) is 11.3 Å². The summed E-state index contributed by atoms with van der Waals surface area (Å²) in [6.45, 7) is 1.79. The predicted octanol–water partition coefficient (Wildman–Crippen LogP) is 5.28. The lowest BCUT2D eigenvalue weighted by Gasteiger charge is -2.34. The number of anilines is 1. The molecule has 0 aliphatic carbocycles. The molecule has 1 saturated heterocycles. The number of thiazole rings is 1. The van der Waals surface area contributed by atoms with Crippen LogP contribution >= 0.6 is 46.1 Å². The molecule has 1 aliphatic rings. The Morgan fingerprint density at radius 2 is 1.62 bits per heavy atom. The van der Waals surface area contributed by atoms with E-state index in [1.54, 1.807) is 12.1 Å². The summed E-state index contributed by atoms with van der Waals surface area (Å²) in [5.41, 5.74) is 1.87. The van der Waals surface area contributed by atoms with Crippen LogP contribution < -0.4 is 4.90 Å². The van der Waals surface area contributed by atoms with Crippen LogP contribution in [0.2, 0.25) is 15.1 Å². The van der Waals surface area contributed by atoms with E-state index in [2.05, 4.69) is 4.90 Å². The van der Waals surface area contributed by atoms with Crippen LogP contribution in [0.5, 0.6) is 0 Å². The molecule has 1 aromatic heterocycles. The van der Waals surface area contributed by atoms with Gasteiger partial charge in [0.15, 0.2) is 5.13 Å². The van der Waals surface area contributed by atoms with Gasteiger partial charge in [-0.05, 0) is 24.3 Å². The zero-order valence-electron chi connectivity index (χ0n) is 15.1. The van der Waals surface area contributed by atoms with Crippen LogP contribution in [-0.2, 0) is 10.0 Å². The average molecular weight is 489 g/mol. The molecule has 3 aromatic rings. The van der Waals surface area contributed by atoms with Gasteiger partial charge in [0.2, 0.25) is 10.0 Å². The molecule has 0 radical (unpaired) electrons. The van der Waals surface area contributed by atoms with Crippen molar-refractivity contribution in [2.24, 2.45) is 0 Å². The van der Waals surface area contributed by atoms with Gasteiger partial charge < -0.3 is 4.90 Å². The highest BCUT2D eigenvalue weighted by Gasteiger charge is 2.31. The second-order valence-corrected chi connectivity index (χ2v) is 10.4. The van der Waals surface area contributed by atoms with Gasteiger partial charge in [-0.15, -0.1) is 11.3 Å². The largest absolute Gasteiger partial charge is 0.345 e. The monoisotopic (exact) mass is 487 g/mol. The highest BCUT2D eigenvalue weighted by atomic mass is 35.5. The van der Waals surface area contributed by atoms with Crippen LogP contribution in [0.1, 0.15) is 0 Å². The molecule has 0 bridgehead atoms. The zero-order chi connectivity index (χ0) is 20.6. The Hall–Kier alpha value is -1.35. The maximum absolute atomic E-state index is 13.0. The van der Waals surface area contributed by atoms with Gasteiger partial charge in [-0.25, -0.2) is 13.4 Å². The molecule has 0 N–H and O–H groups in total. The first kappa shape index (κ1) is 20.9. The molecule has 5 nitrogen and oxygen atoms in total. The highest BCUT2D eigenvalue weighted by molar-refractivity contribution is 7.89. The normalized spacial score (nSPS) is 15.6. The molecule has 152 valence electrons. The van der Waals surface area contributed by atoms with Crippen molar-refractivity contribution in [3.05, 3.63) is 62.9 Å². The average Bonchev–Trinajstić information content (AvgIpc) is 3.21. The fourth-order valence-corrected chi connectivity index (χ4v) is 6.28. The van der Waals surface area contributed by atoms with E-state index in [0.717, 1.165) is 16.4 Å². The summed E-state index contributed by atoms with van der Waals surface area (Å²) in [5, 5.41) is 3.83. The number of rotatable bonds is 4. The molecule has 2 heterocycles. The Labute approximate surface area is 188 Å². The van der Waals surface area contributed by atoms with Crippen molar-refractivity contribution < 1.29 is 8.42 Å². The summed E-state index contributed by atoms with van der Waals surface area (Å²) in [6.07, 6.45) is 0. The molecule has 0 atom stereocenters. The molecule has 0 amide bonds. The Bertz CT molecular complexity index is 1130. The van der Waals surface area contributed by atoms with E-state index in [1.165, 1.54) is 21.7 Å². The number of aromatic nitrogens is 1. The Morgan fingerprint density at radius 1 is 0.931 bits per heavy atom. The molecular weight excluding hydrogens is 473 g/mol.